The summed E-state index contributed by atoms with van der Waals surface area (Å²) in [6.45, 7) is 1.32. The third-order valence-electron chi connectivity index (χ3n) is 3.45. The first kappa shape index (κ1) is 15.6. The summed E-state index contributed by atoms with van der Waals surface area (Å²) in [5.74, 6) is 0.405. The van der Waals surface area contributed by atoms with Crippen LogP contribution in [-0.2, 0) is 0 Å². The van der Waals surface area contributed by atoms with E-state index in [1.165, 1.54) is 13.0 Å². The van der Waals surface area contributed by atoms with Crippen molar-refractivity contribution in [3.8, 4) is 5.75 Å². The molecule has 0 fully saturated rings. The minimum absolute atomic E-state index is 0.0201. The van der Waals surface area contributed by atoms with Gasteiger partial charge in [-0.15, -0.1) is 0 Å². The van der Waals surface area contributed by atoms with Crippen molar-refractivity contribution in [2.24, 2.45) is 10.2 Å². The molecule has 0 aliphatic carbocycles. The van der Waals surface area contributed by atoms with E-state index in [0.29, 0.717) is 22.3 Å². The van der Waals surface area contributed by atoms with E-state index in [-0.39, 0.29) is 11.3 Å². The smallest absolute Gasteiger partial charge is 0.347 e. The fourth-order valence-electron chi connectivity index (χ4n) is 2.18. The number of carbonyl (C=O) groups excluding carboxylic acids is 1. The van der Waals surface area contributed by atoms with Gasteiger partial charge in [-0.25, -0.2) is 4.79 Å². The Morgan fingerprint density at radius 2 is 1.67 bits per heavy atom. The Hall–Kier alpha value is -3.28. The molecule has 1 heterocycles. The van der Waals surface area contributed by atoms with Gasteiger partial charge in [-0.2, -0.15) is 10.2 Å². The quantitative estimate of drug-likeness (QED) is 0.404. The zero-order valence-corrected chi connectivity index (χ0v) is 13.1. The molecule has 0 bridgehead atoms. The maximum Gasteiger partial charge on any atom is 0.347 e. The first-order chi connectivity index (χ1) is 11.6. The van der Waals surface area contributed by atoms with Gasteiger partial charge >= 0.3 is 5.63 Å². The molecule has 24 heavy (non-hydrogen) atoms. The first-order valence-electron chi connectivity index (χ1n) is 7.21. The summed E-state index contributed by atoms with van der Waals surface area (Å²) >= 11 is 0. The number of Topliss-reactive ketones (excluding diaryl/α,β-unsaturated/α-hetero) is 1. The number of hydrogen-bond acceptors (Lipinski definition) is 6. The molecule has 3 aromatic rings. The third-order valence-corrected chi connectivity index (χ3v) is 3.45. The molecule has 0 spiro atoms. The monoisotopic (exact) mass is 322 g/mol. The van der Waals surface area contributed by atoms with Gasteiger partial charge in [-0.05, 0) is 55.5 Å². The van der Waals surface area contributed by atoms with Crippen molar-refractivity contribution in [1.29, 1.82) is 0 Å². The number of ketones is 1. The number of fused-ring (bicyclic) bond motifs is 1. The molecule has 6 nitrogen and oxygen atoms in total. The van der Waals surface area contributed by atoms with Crippen LogP contribution in [0, 0.1) is 0 Å². The summed E-state index contributed by atoms with van der Waals surface area (Å²) in [4.78, 5) is 23.1. The molecule has 0 aliphatic rings. The number of rotatable bonds is 4. The molecule has 0 amide bonds. The number of azo groups is 1. The maximum atomic E-state index is 11.7. The third kappa shape index (κ3) is 3.22. The Kier molecular flexibility index (Phi) is 4.20. The molecule has 0 N–H and O–H groups in total. The molecular weight excluding hydrogens is 308 g/mol. The molecule has 120 valence electrons. The van der Waals surface area contributed by atoms with Crippen molar-refractivity contribution in [1.82, 2.24) is 0 Å². The number of nitrogens with zero attached hydrogens (tertiary/aromatic N) is 2. The average molecular weight is 322 g/mol. The van der Waals surface area contributed by atoms with Gasteiger partial charge in [-0.3, -0.25) is 4.79 Å². The maximum absolute atomic E-state index is 11.7. The molecule has 3 rings (SSSR count). The van der Waals surface area contributed by atoms with Crippen LogP contribution in [0.15, 0.2) is 68.0 Å². The van der Waals surface area contributed by atoms with Gasteiger partial charge < -0.3 is 9.15 Å². The lowest BCUT2D eigenvalue weighted by atomic mass is 10.1. The van der Waals surface area contributed by atoms with Crippen LogP contribution in [0.1, 0.15) is 17.3 Å². The Bertz CT molecular complexity index is 988. The largest absolute Gasteiger partial charge is 0.497 e. The van der Waals surface area contributed by atoms with Crippen LogP contribution in [0.2, 0.25) is 0 Å². The predicted molar refractivity (Wildman–Crippen MR) is 89.7 cm³/mol. The van der Waals surface area contributed by atoms with Crippen LogP contribution in [0.3, 0.4) is 0 Å². The minimum Gasteiger partial charge on any atom is -0.497 e. The van der Waals surface area contributed by atoms with E-state index >= 15 is 0 Å². The summed E-state index contributed by atoms with van der Waals surface area (Å²) in [6.07, 6.45) is 0. The minimum atomic E-state index is -0.636. The Morgan fingerprint density at radius 3 is 2.33 bits per heavy atom. The molecule has 0 atom stereocenters. The molecule has 0 aliphatic heterocycles. The Morgan fingerprint density at radius 1 is 1.00 bits per heavy atom. The second-order valence-electron chi connectivity index (χ2n) is 5.12. The SMILES string of the molecule is COc1ccc(N=Nc2ccc3oc(=O)c(C(C)=O)cc3c2)cc1. The lowest BCUT2D eigenvalue weighted by Crippen LogP contribution is -2.10. The molecule has 0 radical (unpaired) electrons. The van der Waals surface area contributed by atoms with Gasteiger partial charge in [0.2, 0.25) is 0 Å². The van der Waals surface area contributed by atoms with E-state index in [1.54, 1.807) is 49.6 Å². The van der Waals surface area contributed by atoms with Crippen molar-refractivity contribution in [3.63, 3.8) is 0 Å². The molecular formula is C18H14N2O4. The van der Waals surface area contributed by atoms with Crippen molar-refractivity contribution < 1.29 is 13.9 Å². The highest BCUT2D eigenvalue weighted by atomic mass is 16.5. The lowest BCUT2D eigenvalue weighted by Gasteiger charge is -2.00. The topological polar surface area (TPSA) is 81.2 Å². The van der Waals surface area contributed by atoms with Gasteiger partial charge in [0.15, 0.2) is 5.78 Å². The zero-order chi connectivity index (χ0) is 17.1. The van der Waals surface area contributed by atoms with E-state index in [0.717, 1.165) is 5.75 Å². The highest BCUT2D eigenvalue weighted by Crippen LogP contribution is 2.24. The van der Waals surface area contributed by atoms with Gasteiger partial charge in [-0.1, -0.05) is 0 Å². The Balaban J connectivity index is 1.94. The highest BCUT2D eigenvalue weighted by Gasteiger charge is 2.09. The van der Waals surface area contributed by atoms with E-state index in [4.69, 9.17) is 9.15 Å². The first-order valence-corrected chi connectivity index (χ1v) is 7.21. The van der Waals surface area contributed by atoms with E-state index < -0.39 is 5.63 Å². The fourth-order valence-corrected chi connectivity index (χ4v) is 2.18. The van der Waals surface area contributed by atoms with Crippen LogP contribution in [0.5, 0.6) is 5.75 Å². The van der Waals surface area contributed by atoms with Gasteiger partial charge in [0.25, 0.3) is 0 Å². The molecule has 6 heteroatoms. The van der Waals surface area contributed by atoms with Gasteiger partial charge in [0.05, 0.1) is 18.5 Å². The lowest BCUT2D eigenvalue weighted by molar-refractivity contribution is 0.101. The summed E-state index contributed by atoms with van der Waals surface area (Å²) in [5, 5.41) is 8.92. The van der Waals surface area contributed by atoms with E-state index in [9.17, 15) is 9.59 Å². The number of methoxy groups -OCH3 is 1. The second-order valence-corrected chi connectivity index (χ2v) is 5.12. The molecule has 1 aromatic heterocycles. The van der Waals surface area contributed by atoms with Crippen molar-refractivity contribution >= 4 is 28.1 Å². The van der Waals surface area contributed by atoms with Crippen molar-refractivity contribution in [2.75, 3.05) is 7.11 Å². The Labute approximate surface area is 137 Å². The van der Waals surface area contributed by atoms with Crippen LogP contribution >= 0.6 is 0 Å². The van der Waals surface area contributed by atoms with Crippen LogP contribution in [0.4, 0.5) is 11.4 Å². The van der Waals surface area contributed by atoms with Crippen LogP contribution < -0.4 is 10.4 Å². The molecule has 0 saturated heterocycles. The summed E-state index contributed by atoms with van der Waals surface area (Å²) in [7, 11) is 1.60. The van der Waals surface area contributed by atoms with Crippen LogP contribution in [0.25, 0.3) is 11.0 Å². The van der Waals surface area contributed by atoms with Crippen LogP contribution in [-0.4, -0.2) is 12.9 Å². The molecule has 2 aromatic carbocycles. The number of ether oxygens (including phenoxy) is 1. The second kappa shape index (κ2) is 6.45. The standard InChI is InChI=1S/C18H14N2O4/c1-11(21)16-10-12-9-14(5-8-17(12)24-18(16)22)20-19-13-3-6-15(23-2)7-4-13/h3-10H,1-2H3. The fraction of sp³-hybridized carbons (Fsp3) is 0.111. The van der Waals surface area contributed by atoms with E-state index in [1.807, 2.05) is 0 Å². The zero-order valence-electron chi connectivity index (χ0n) is 13.1. The van der Waals surface area contributed by atoms with Gasteiger partial charge in [0, 0.05) is 5.39 Å². The number of benzene rings is 2. The highest BCUT2D eigenvalue weighted by molar-refractivity contribution is 5.96. The number of carbonyl (C=O) groups is 1. The van der Waals surface area contributed by atoms with Gasteiger partial charge in [0.1, 0.15) is 16.9 Å². The van der Waals surface area contributed by atoms with Crippen molar-refractivity contribution in [2.45, 2.75) is 6.92 Å². The van der Waals surface area contributed by atoms with E-state index in [2.05, 4.69) is 10.2 Å². The summed E-state index contributed by atoms with van der Waals surface area (Å²) in [5.41, 5.74) is 1.05. The number of hydrogen-bond donors (Lipinski definition) is 0. The molecule has 0 unspecified atom stereocenters. The summed E-state index contributed by atoms with van der Waals surface area (Å²) < 4.78 is 10.2. The average Bonchev–Trinajstić information content (AvgIpc) is 2.59. The van der Waals surface area contributed by atoms with Crippen molar-refractivity contribution in [3.05, 3.63) is 64.5 Å². The summed E-state index contributed by atoms with van der Waals surface area (Å²) in [6, 6.07) is 13.7. The predicted octanol–water partition coefficient (Wildman–Crippen LogP) is 4.42. The normalized spacial score (nSPS) is 11.1. The molecule has 0 saturated carbocycles.